The summed E-state index contributed by atoms with van der Waals surface area (Å²) in [6.45, 7) is 6.12. The van der Waals surface area contributed by atoms with E-state index in [1.807, 2.05) is 17.0 Å². The third-order valence-electron chi connectivity index (χ3n) is 10.2. The number of piperazine rings is 1. The molecule has 1 aliphatic carbocycles. The first-order valence-electron chi connectivity index (χ1n) is 16.7. The molecule has 3 aromatic rings. The first kappa shape index (κ1) is 30.7. The largest absolute Gasteiger partial charge is 0.392 e. The minimum atomic E-state index is -0.516. The van der Waals surface area contributed by atoms with E-state index < -0.39 is 12.4 Å². The zero-order valence-electron chi connectivity index (χ0n) is 27.0. The summed E-state index contributed by atoms with van der Waals surface area (Å²) in [5, 5.41) is 18.2. The second kappa shape index (κ2) is 12.5. The van der Waals surface area contributed by atoms with Crippen LogP contribution in [0.3, 0.4) is 0 Å². The normalized spacial score (nSPS) is 20.1. The van der Waals surface area contributed by atoms with Crippen molar-refractivity contribution in [1.82, 2.24) is 24.6 Å². The maximum atomic E-state index is 15.3. The number of carbonyl (C=O) groups is 1. The van der Waals surface area contributed by atoms with Crippen LogP contribution in [0.15, 0.2) is 64.5 Å². The molecule has 6 heterocycles. The number of hydrogen-bond donors (Lipinski definition) is 2. The summed E-state index contributed by atoms with van der Waals surface area (Å²) in [5.41, 5.74) is 5.06. The van der Waals surface area contributed by atoms with Crippen LogP contribution in [-0.4, -0.2) is 94.0 Å². The highest BCUT2D eigenvalue weighted by Crippen LogP contribution is 2.41. The van der Waals surface area contributed by atoms with Gasteiger partial charge in [-0.25, -0.2) is 14.1 Å². The fourth-order valence-corrected chi connectivity index (χ4v) is 7.52. The number of aryl methyl sites for hydroxylation is 1. The second-order valence-electron chi connectivity index (χ2n) is 13.0. The average Bonchev–Trinajstić information content (AvgIpc) is 3.37. The molecule has 0 unspecified atom stereocenters. The Bertz CT molecular complexity index is 1880. The zero-order chi connectivity index (χ0) is 32.9. The molecule has 5 aliphatic rings. The van der Waals surface area contributed by atoms with Gasteiger partial charge >= 0.3 is 0 Å². The van der Waals surface area contributed by atoms with Crippen molar-refractivity contribution in [3.63, 3.8) is 0 Å². The van der Waals surface area contributed by atoms with E-state index in [4.69, 9.17) is 4.74 Å². The number of ether oxygens (including phenoxy) is 1. The molecule has 2 saturated heterocycles. The topological polar surface area (TPSA) is 119 Å². The SMILES string of the molecule is Cn1nc(-c2cc(F)cc(N3C=C4C(=O)C5=C(CCCC5)N4CC3)c2CO)cc(Nc2ccc(N3CCN(C4COC4)CC3)cn2)c1=O. The highest BCUT2D eigenvalue weighted by atomic mass is 19.1. The third-order valence-corrected chi connectivity index (χ3v) is 10.2. The third kappa shape index (κ3) is 5.45. The molecule has 0 spiro atoms. The van der Waals surface area contributed by atoms with Gasteiger partial charge in [-0.1, -0.05) is 0 Å². The van der Waals surface area contributed by atoms with E-state index in [9.17, 15) is 14.7 Å². The molecule has 0 bridgehead atoms. The van der Waals surface area contributed by atoms with Gasteiger partial charge in [0.1, 0.15) is 23.0 Å². The number of pyridine rings is 1. The molecule has 0 atom stereocenters. The molecule has 8 rings (SSSR count). The van der Waals surface area contributed by atoms with Crippen molar-refractivity contribution >= 4 is 28.7 Å². The predicted molar refractivity (Wildman–Crippen MR) is 179 cm³/mol. The number of aliphatic hydroxyl groups is 1. The number of aromatic nitrogens is 3. The number of nitrogens with one attached hydrogen (secondary N) is 1. The minimum Gasteiger partial charge on any atom is -0.392 e. The van der Waals surface area contributed by atoms with Gasteiger partial charge in [-0.15, -0.1) is 0 Å². The molecular weight excluding hydrogens is 615 g/mol. The van der Waals surface area contributed by atoms with E-state index in [2.05, 4.69) is 30.1 Å². The van der Waals surface area contributed by atoms with Crippen LogP contribution in [-0.2, 0) is 23.2 Å². The van der Waals surface area contributed by atoms with E-state index in [1.54, 1.807) is 18.5 Å². The number of benzene rings is 1. The molecule has 12 nitrogen and oxygen atoms in total. The smallest absolute Gasteiger partial charge is 0.290 e. The molecule has 2 fully saturated rings. The van der Waals surface area contributed by atoms with Crippen LogP contribution in [0.25, 0.3) is 11.3 Å². The summed E-state index contributed by atoms with van der Waals surface area (Å²) in [7, 11) is 1.53. The van der Waals surface area contributed by atoms with Crippen LogP contribution >= 0.6 is 0 Å². The molecule has 0 radical (unpaired) electrons. The zero-order valence-corrected chi connectivity index (χ0v) is 27.0. The predicted octanol–water partition coefficient (Wildman–Crippen LogP) is 3.11. The Labute approximate surface area is 277 Å². The van der Waals surface area contributed by atoms with Crippen LogP contribution in [0.2, 0.25) is 0 Å². The number of allylic oxidation sites excluding steroid dienone is 2. The Morgan fingerprint density at radius 1 is 1.02 bits per heavy atom. The van der Waals surface area contributed by atoms with Gasteiger partial charge in [-0.3, -0.25) is 14.5 Å². The second-order valence-corrected chi connectivity index (χ2v) is 13.0. The fraction of sp³-hybridized carbons (Fsp3) is 0.429. The Kier molecular flexibility index (Phi) is 7.97. The fourth-order valence-electron chi connectivity index (χ4n) is 7.52. The molecule has 4 aliphatic heterocycles. The van der Waals surface area contributed by atoms with Crippen molar-refractivity contribution in [2.24, 2.45) is 7.05 Å². The Balaban J connectivity index is 1.05. The van der Waals surface area contributed by atoms with Gasteiger partial charge in [0.15, 0.2) is 0 Å². The molecule has 2 aromatic heterocycles. The Morgan fingerprint density at radius 2 is 1.83 bits per heavy atom. The lowest BCUT2D eigenvalue weighted by atomic mass is 9.96. The van der Waals surface area contributed by atoms with Gasteiger partial charge in [0, 0.05) is 80.6 Å². The lowest BCUT2D eigenvalue weighted by Gasteiger charge is -2.43. The van der Waals surface area contributed by atoms with Crippen molar-refractivity contribution in [2.75, 3.05) is 67.6 Å². The molecule has 48 heavy (non-hydrogen) atoms. The number of halogens is 1. The van der Waals surface area contributed by atoms with Gasteiger partial charge in [0.05, 0.1) is 43.4 Å². The number of nitrogens with zero attached hydrogens (tertiary/aromatic N) is 7. The summed E-state index contributed by atoms with van der Waals surface area (Å²) >= 11 is 0. The monoisotopic (exact) mass is 654 g/mol. The van der Waals surface area contributed by atoms with E-state index in [0.717, 1.165) is 82.0 Å². The van der Waals surface area contributed by atoms with Crippen LogP contribution in [0.1, 0.15) is 31.2 Å². The molecule has 250 valence electrons. The summed E-state index contributed by atoms with van der Waals surface area (Å²) in [6.07, 6.45) is 7.35. The number of aliphatic hydroxyl groups excluding tert-OH is 1. The average molecular weight is 655 g/mol. The number of anilines is 4. The molecule has 0 saturated carbocycles. The van der Waals surface area contributed by atoms with Gasteiger partial charge in [-0.2, -0.15) is 5.10 Å². The Morgan fingerprint density at radius 3 is 2.56 bits per heavy atom. The van der Waals surface area contributed by atoms with Crippen molar-refractivity contribution in [3.8, 4) is 11.3 Å². The number of ketones is 1. The highest BCUT2D eigenvalue weighted by molar-refractivity contribution is 6.11. The number of hydrogen-bond acceptors (Lipinski definition) is 11. The van der Waals surface area contributed by atoms with E-state index in [-0.39, 0.29) is 17.0 Å². The quantitative estimate of drug-likeness (QED) is 0.391. The van der Waals surface area contributed by atoms with Crippen molar-refractivity contribution in [1.29, 1.82) is 0 Å². The first-order chi connectivity index (χ1) is 23.4. The molecule has 2 N–H and O–H groups in total. The van der Waals surface area contributed by atoms with Crippen molar-refractivity contribution in [2.45, 2.75) is 38.3 Å². The first-order valence-corrected chi connectivity index (χ1v) is 16.7. The van der Waals surface area contributed by atoms with E-state index >= 15 is 4.39 Å². The number of Topliss-reactive ketones (excluding diaryl/α,β-unsaturated/α-hetero) is 1. The van der Waals surface area contributed by atoms with Crippen LogP contribution in [0.4, 0.5) is 27.3 Å². The lowest BCUT2D eigenvalue weighted by Crippen LogP contribution is -2.56. The number of rotatable bonds is 7. The molecule has 0 amide bonds. The maximum absolute atomic E-state index is 15.3. The van der Waals surface area contributed by atoms with Gasteiger partial charge < -0.3 is 29.9 Å². The van der Waals surface area contributed by atoms with Crippen molar-refractivity contribution < 1.29 is 19.0 Å². The number of fused-ring (bicyclic) bond motifs is 2. The number of carbonyl (C=O) groups excluding carboxylic acids is 1. The summed E-state index contributed by atoms with van der Waals surface area (Å²) < 4.78 is 21.9. The summed E-state index contributed by atoms with van der Waals surface area (Å²) in [4.78, 5) is 39.8. The van der Waals surface area contributed by atoms with Crippen LogP contribution in [0.5, 0.6) is 0 Å². The van der Waals surface area contributed by atoms with E-state index in [1.165, 1.54) is 23.9 Å². The Hall–Kier alpha value is -4.59. The maximum Gasteiger partial charge on any atom is 0.290 e. The molecular formula is C35H39FN8O4. The molecule has 1 aromatic carbocycles. The van der Waals surface area contributed by atoms with Gasteiger partial charge in [0.2, 0.25) is 5.78 Å². The van der Waals surface area contributed by atoms with Crippen LogP contribution in [0, 0.1) is 5.82 Å². The van der Waals surface area contributed by atoms with Crippen molar-refractivity contribution in [3.05, 3.63) is 81.4 Å². The standard InChI is InChI=1S/C35H39FN8O4/c1-40-35(47)29(38-33-7-6-23(17-37-33)41-8-10-42(11-9-41)24-20-48-21-24)16-28(39-40)26-14-22(36)15-31(27(26)19-45)43-12-13-44-30-5-3-2-4-25(30)34(46)32(44)18-43/h6-7,14-18,24,45H,2-5,8-13,19-21H2,1H3,(H,37,38). The van der Waals surface area contributed by atoms with Gasteiger partial charge in [-0.05, 0) is 56.0 Å². The van der Waals surface area contributed by atoms with E-state index in [0.29, 0.717) is 53.2 Å². The molecule has 13 heteroatoms. The summed E-state index contributed by atoms with van der Waals surface area (Å²) in [5.74, 6) is 0.00999. The minimum absolute atomic E-state index is 0.0377. The highest BCUT2D eigenvalue weighted by Gasteiger charge is 2.38. The lowest BCUT2D eigenvalue weighted by molar-refractivity contribution is -0.112. The summed E-state index contributed by atoms with van der Waals surface area (Å²) in [6, 6.07) is 8.62. The van der Waals surface area contributed by atoms with Gasteiger partial charge in [0.25, 0.3) is 5.56 Å². The van der Waals surface area contributed by atoms with Crippen LogP contribution < -0.4 is 20.7 Å².